The van der Waals surface area contributed by atoms with Crippen molar-refractivity contribution in [3.63, 3.8) is 0 Å². The van der Waals surface area contributed by atoms with Gasteiger partial charge in [-0.15, -0.1) is 0 Å². The van der Waals surface area contributed by atoms with Crippen molar-refractivity contribution in [3.8, 4) is 22.5 Å². The van der Waals surface area contributed by atoms with Gasteiger partial charge in [0.15, 0.2) is 11.4 Å². The second-order valence-electron chi connectivity index (χ2n) is 10.2. The minimum atomic E-state index is -0.516. The lowest BCUT2D eigenvalue weighted by molar-refractivity contribution is -0.138. The van der Waals surface area contributed by atoms with Crippen LogP contribution in [0.3, 0.4) is 0 Å². The van der Waals surface area contributed by atoms with Crippen LogP contribution in [0.25, 0.3) is 28.2 Å². The summed E-state index contributed by atoms with van der Waals surface area (Å²) in [5.41, 5.74) is 10.0. The summed E-state index contributed by atoms with van der Waals surface area (Å²) in [7, 11) is 0. The number of Topliss-reactive ketones (excluding diaryl/α,β-unsaturated/α-hetero) is 1. The molecule has 0 unspecified atom stereocenters. The Morgan fingerprint density at radius 1 is 1.18 bits per heavy atom. The molecule has 0 saturated carbocycles. The van der Waals surface area contributed by atoms with E-state index < -0.39 is 12.4 Å². The maximum absolute atomic E-state index is 15.2. The number of piperidine rings is 1. The quantitative estimate of drug-likeness (QED) is 0.345. The van der Waals surface area contributed by atoms with Gasteiger partial charge >= 0.3 is 0 Å². The van der Waals surface area contributed by atoms with Crippen molar-refractivity contribution in [1.82, 2.24) is 29.5 Å². The molecule has 196 valence electrons. The second-order valence-corrected chi connectivity index (χ2v) is 10.2. The zero-order valence-electron chi connectivity index (χ0n) is 21.1. The van der Waals surface area contributed by atoms with Gasteiger partial charge in [0.1, 0.15) is 24.1 Å². The summed E-state index contributed by atoms with van der Waals surface area (Å²) < 4.78 is 16.6. The fourth-order valence-electron chi connectivity index (χ4n) is 6.30. The predicted octanol–water partition coefficient (Wildman–Crippen LogP) is 3.25. The van der Waals surface area contributed by atoms with Gasteiger partial charge < -0.3 is 20.7 Å². The normalized spacial score (nSPS) is 20.8. The van der Waals surface area contributed by atoms with E-state index in [-0.39, 0.29) is 35.5 Å². The van der Waals surface area contributed by atoms with E-state index in [0.29, 0.717) is 52.3 Å². The summed E-state index contributed by atoms with van der Waals surface area (Å²) in [6, 6.07) is 4.72. The molecule has 3 aromatic heterocycles. The third-order valence-corrected chi connectivity index (χ3v) is 7.85. The van der Waals surface area contributed by atoms with Gasteiger partial charge in [-0.25, -0.2) is 14.4 Å². The second kappa shape index (κ2) is 9.02. The van der Waals surface area contributed by atoms with Gasteiger partial charge in [-0.2, -0.15) is 9.61 Å². The van der Waals surface area contributed by atoms with Crippen LogP contribution in [0.4, 0.5) is 10.2 Å². The number of hydrogen-bond acceptors (Lipinski definition) is 7. The van der Waals surface area contributed by atoms with E-state index in [1.165, 1.54) is 17.5 Å². The van der Waals surface area contributed by atoms with Crippen LogP contribution in [0.1, 0.15) is 60.3 Å². The lowest BCUT2D eigenvalue weighted by atomic mass is 9.85. The molecule has 6 rings (SSSR count). The summed E-state index contributed by atoms with van der Waals surface area (Å²) >= 11 is 0. The molecule has 0 spiro atoms. The zero-order chi connectivity index (χ0) is 26.7. The third kappa shape index (κ3) is 3.68. The molecule has 2 aliphatic rings. The number of anilines is 1. The Morgan fingerprint density at radius 2 is 1.92 bits per heavy atom. The molecule has 0 radical (unpaired) electrons. The smallest absolute Gasteiger partial charge is 0.248 e. The van der Waals surface area contributed by atoms with Crippen molar-refractivity contribution < 1.29 is 19.1 Å². The zero-order valence-corrected chi connectivity index (χ0v) is 21.1. The van der Waals surface area contributed by atoms with Crippen molar-refractivity contribution in [1.29, 1.82) is 0 Å². The van der Waals surface area contributed by atoms with E-state index in [9.17, 15) is 14.7 Å². The van der Waals surface area contributed by atoms with Crippen LogP contribution in [0.2, 0.25) is 0 Å². The number of benzene rings is 1. The van der Waals surface area contributed by atoms with Crippen molar-refractivity contribution in [2.75, 3.05) is 12.3 Å². The SMILES string of the molecule is CC(=O)c1c([C@H]2C[C@H]3CC[C@@H](C2)N3C(=O)CO)nc2c(-c3cccc(F)c3-c3ncc(C)[nH]3)cnn2c1N. The highest BCUT2D eigenvalue weighted by Crippen LogP contribution is 2.45. The van der Waals surface area contributed by atoms with Gasteiger partial charge in [0.2, 0.25) is 5.91 Å². The van der Waals surface area contributed by atoms with E-state index in [1.807, 2.05) is 6.92 Å². The van der Waals surface area contributed by atoms with Crippen LogP contribution >= 0.6 is 0 Å². The average molecular weight is 518 g/mol. The third-order valence-electron chi connectivity index (χ3n) is 7.85. The molecular weight excluding hydrogens is 489 g/mol. The van der Waals surface area contributed by atoms with Crippen LogP contribution in [-0.2, 0) is 4.79 Å². The topological polar surface area (TPSA) is 142 Å². The number of nitrogens with one attached hydrogen (secondary N) is 1. The molecule has 4 aromatic rings. The number of imidazole rings is 1. The molecule has 4 N–H and O–H groups in total. The lowest BCUT2D eigenvalue weighted by Gasteiger charge is -2.39. The monoisotopic (exact) mass is 517 g/mol. The number of hydrogen-bond donors (Lipinski definition) is 3. The number of rotatable bonds is 5. The predicted molar refractivity (Wildman–Crippen MR) is 138 cm³/mol. The van der Waals surface area contributed by atoms with E-state index >= 15 is 4.39 Å². The van der Waals surface area contributed by atoms with Crippen molar-refractivity contribution in [3.05, 3.63) is 53.4 Å². The van der Waals surface area contributed by atoms with E-state index in [2.05, 4.69) is 15.1 Å². The number of carbonyl (C=O) groups excluding carboxylic acids is 2. The van der Waals surface area contributed by atoms with Gasteiger partial charge in [0.05, 0.1) is 23.0 Å². The van der Waals surface area contributed by atoms with E-state index in [1.54, 1.807) is 29.4 Å². The van der Waals surface area contributed by atoms with Crippen LogP contribution in [-0.4, -0.2) is 65.0 Å². The summed E-state index contributed by atoms with van der Waals surface area (Å²) in [6.45, 7) is 2.78. The average Bonchev–Trinajstić information content (AvgIpc) is 3.58. The first-order chi connectivity index (χ1) is 18.3. The van der Waals surface area contributed by atoms with Crippen LogP contribution in [0.5, 0.6) is 0 Å². The van der Waals surface area contributed by atoms with Crippen LogP contribution < -0.4 is 5.73 Å². The highest BCUT2D eigenvalue weighted by molar-refractivity contribution is 6.00. The number of aryl methyl sites for hydroxylation is 1. The van der Waals surface area contributed by atoms with Crippen molar-refractivity contribution in [2.24, 2.45) is 0 Å². The van der Waals surface area contributed by atoms with Gasteiger partial charge in [-0.3, -0.25) is 9.59 Å². The Kier molecular flexibility index (Phi) is 5.75. The molecule has 2 saturated heterocycles. The number of nitrogen functional groups attached to an aromatic ring is 1. The number of aliphatic hydroxyl groups is 1. The fourth-order valence-corrected chi connectivity index (χ4v) is 6.30. The number of nitrogens with two attached hydrogens (primary N) is 1. The first-order valence-corrected chi connectivity index (χ1v) is 12.7. The van der Waals surface area contributed by atoms with Crippen molar-refractivity contribution in [2.45, 2.75) is 57.5 Å². The Balaban J connectivity index is 1.51. The molecule has 0 aliphatic carbocycles. The van der Waals surface area contributed by atoms with Crippen LogP contribution in [0.15, 0.2) is 30.6 Å². The number of amides is 1. The minimum Gasteiger partial charge on any atom is -0.387 e. The highest BCUT2D eigenvalue weighted by atomic mass is 19.1. The molecule has 2 bridgehead atoms. The molecule has 1 amide bonds. The molecule has 1 aromatic carbocycles. The first kappa shape index (κ1) is 24.2. The summed E-state index contributed by atoms with van der Waals surface area (Å²) in [4.78, 5) is 39.4. The summed E-state index contributed by atoms with van der Waals surface area (Å²) in [5.74, 6) is -0.470. The number of halogens is 1. The minimum absolute atomic E-state index is 0.0288. The molecule has 5 heterocycles. The van der Waals surface area contributed by atoms with E-state index in [0.717, 1.165) is 18.5 Å². The van der Waals surface area contributed by atoms with Crippen molar-refractivity contribution >= 4 is 23.2 Å². The number of carbonyl (C=O) groups is 2. The molecule has 2 aliphatic heterocycles. The molecule has 11 heteroatoms. The van der Waals surface area contributed by atoms with Gasteiger partial charge in [0, 0.05) is 41.0 Å². The van der Waals surface area contributed by atoms with Crippen LogP contribution in [0, 0.1) is 12.7 Å². The molecule has 2 fully saturated rings. The lowest BCUT2D eigenvalue weighted by Crippen LogP contribution is -2.47. The maximum atomic E-state index is 15.2. The van der Waals surface area contributed by atoms with Gasteiger partial charge in [0.25, 0.3) is 0 Å². The summed E-state index contributed by atoms with van der Waals surface area (Å²) in [5, 5.41) is 13.9. The number of aromatic nitrogens is 5. The molecule has 3 atom stereocenters. The summed E-state index contributed by atoms with van der Waals surface area (Å²) in [6.07, 6.45) is 6.13. The number of H-pyrrole nitrogens is 1. The number of aliphatic hydroxyl groups excluding tert-OH is 1. The molecule has 38 heavy (non-hydrogen) atoms. The largest absolute Gasteiger partial charge is 0.387 e. The maximum Gasteiger partial charge on any atom is 0.248 e. The van der Waals surface area contributed by atoms with Gasteiger partial charge in [-0.05, 0) is 45.6 Å². The standard InChI is InChI=1S/C27H28FN7O3/c1-13-10-30-26(32-13)23-18(4-3-5-20(23)28)19-11-31-35-25(29)22(14(2)37)24(33-27(19)35)15-8-16-6-7-17(9-15)34(16)21(38)12-36/h3-5,10-11,15-17,36H,6-9,12,29H2,1-2H3,(H,30,32)/t15-,16+,17-. The Morgan fingerprint density at radius 3 is 2.55 bits per heavy atom. The Labute approximate surface area is 217 Å². The van der Waals surface area contributed by atoms with E-state index in [4.69, 9.17) is 10.7 Å². The molecular formula is C27H28FN7O3. The number of ketones is 1. The first-order valence-electron chi connectivity index (χ1n) is 12.7. The molecule has 10 nitrogen and oxygen atoms in total. The number of aromatic amines is 1. The number of fused-ring (bicyclic) bond motifs is 3. The number of nitrogens with zero attached hydrogens (tertiary/aromatic N) is 5. The fraction of sp³-hybridized carbons (Fsp3) is 0.370. The van der Waals surface area contributed by atoms with Gasteiger partial charge in [-0.1, -0.05) is 12.1 Å². The Hall–Kier alpha value is -4.12. The Bertz CT molecular complexity index is 1580. The highest BCUT2D eigenvalue weighted by Gasteiger charge is 2.44.